The lowest BCUT2D eigenvalue weighted by Crippen LogP contribution is -2.05. The van der Waals surface area contributed by atoms with E-state index >= 15 is 0 Å². The fourth-order valence-corrected chi connectivity index (χ4v) is 9.35. The molecule has 0 radical (unpaired) electrons. The van der Waals surface area contributed by atoms with Crippen molar-refractivity contribution >= 4 is 53.3 Å². The van der Waals surface area contributed by atoms with Gasteiger partial charge in [-0.2, -0.15) is 0 Å². The number of rotatable bonds is 6. The third kappa shape index (κ3) is 5.32. The number of hydrogen-bond acceptors (Lipinski definition) is 4. The zero-order chi connectivity index (χ0) is 37.0. The van der Waals surface area contributed by atoms with Crippen LogP contribution in [0.4, 0.5) is 0 Å². The first kappa shape index (κ1) is 32.2. The molecule has 0 atom stereocenters. The third-order valence-electron chi connectivity index (χ3n) is 10.7. The lowest BCUT2D eigenvalue weighted by molar-refractivity contribution is 1.06. The van der Waals surface area contributed by atoms with Gasteiger partial charge in [0.05, 0.1) is 22.3 Å². The van der Waals surface area contributed by atoms with Gasteiger partial charge in [-0.1, -0.05) is 170 Å². The van der Waals surface area contributed by atoms with Crippen LogP contribution in [0.1, 0.15) is 0 Å². The van der Waals surface area contributed by atoms with Gasteiger partial charge in [0.1, 0.15) is 0 Å². The largest absolute Gasteiger partial charge is 0.308 e. The minimum atomic E-state index is 0.615. The number of thiophene rings is 1. The fourth-order valence-electron chi connectivity index (χ4n) is 8.11. The Morgan fingerprint density at radius 3 is 1.64 bits per heavy atom. The molecule has 0 aliphatic carbocycles. The zero-order valence-electron chi connectivity index (χ0n) is 30.2. The van der Waals surface area contributed by atoms with Crippen molar-refractivity contribution in [3.05, 3.63) is 194 Å². The Morgan fingerprint density at radius 1 is 0.357 bits per heavy atom. The maximum atomic E-state index is 5.30. The molecule has 3 heterocycles. The minimum Gasteiger partial charge on any atom is -0.308 e. The van der Waals surface area contributed by atoms with Crippen LogP contribution >= 0.6 is 11.3 Å². The number of nitrogens with zero attached hydrogens (tertiary/aromatic N) is 4. The molecule has 8 aromatic carbocycles. The Labute approximate surface area is 327 Å². The van der Waals surface area contributed by atoms with Crippen LogP contribution in [-0.2, 0) is 0 Å². The number of fused-ring (bicyclic) bond motifs is 6. The summed E-state index contributed by atoms with van der Waals surface area (Å²) in [5.74, 6) is 1.87. The highest BCUT2D eigenvalue weighted by molar-refractivity contribution is 7.26. The molecule has 0 spiro atoms. The van der Waals surface area contributed by atoms with Gasteiger partial charge in [-0.05, 0) is 46.5 Å². The Kier molecular flexibility index (Phi) is 7.64. The molecule has 4 nitrogen and oxygen atoms in total. The summed E-state index contributed by atoms with van der Waals surface area (Å²) in [4.78, 5) is 15.7. The predicted molar refractivity (Wildman–Crippen MR) is 234 cm³/mol. The maximum absolute atomic E-state index is 5.30. The standard InChI is InChI=1S/C51H32N4S/c1-4-16-33(17-5-1)37-24-15-28-44(47(37)51-53-49(34-18-6-2-7-19-34)52-50(54-51)35-20-8-3-9-21-35)55-43-27-12-10-22-39(43)40-31-30-36(32-45(40)55)38-25-14-26-42-41-23-11-13-29-46(41)56-48(38)42/h1-32H. The Bertz CT molecular complexity index is 3180. The Balaban J connectivity index is 1.22. The van der Waals surface area contributed by atoms with E-state index in [1.165, 1.54) is 42.1 Å². The fraction of sp³-hybridized carbons (Fsp3) is 0. The quantitative estimate of drug-likeness (QED) is 0.171. The van der Waals surface area contributed by atoms with Crippen molar-refractivity contribution in [1.82, 2.24) is 19.5 Å². The first-order chi connectivity index (χ1) is 27.8. The lowest BCUT2D eigenvalue weighted by Gasteiger charge is -2.18. The average molecular weight is 733 g/mol. The summed E-state index contributed by atoms with van der Waals surface area (Å²) in [6.45, 7) is 0. The molecule has 0 saturated heterocycles. The minimum absolute atomic E-state index is 0.615. The highest BCUT2D eigenvalue weighted by Crippen LogP contribution is 2.44. The summed E-state index contributed by atoms with van der Waals surface area (Å²) >= 11 is 1.86. The topological polar surface area (TPSA) is 43.6 Å². The second-order valence-corrected chi connectivity index (χ2v) is 15.0. The van der Waals surface area contributed by atoms with Crippen molar-refractivity contribution in [2.75, 3.05) is 0 Å². The molecular formula is C51H32N4S. The third-order valence-corrected chi connectivity index (χ3v) is 11.9. The van der Waals surface area contributed by atoms with Gasteiger partial charge in [0.2, 0.25) is 0 Å². The highest BCUT2D eigenvalue weighted by atomic mass is 32.1. The molecule has 3 aromatic heterocycles. The van der Waals surface area contributed by atoms with Gasteiger partial charge in [-0.25, -0.2) is 15.0 Å². The van der Waals surface area contributed by atoms with E-state index < -0.39 is 0 Å². The van der Waals surface area contributed by atoms with E-state index in [1.54, 1.807) is 0 Å². The molecule has 5 heteroatoms. The van der Waals surface area contributed by atoms with E-state index in [0.717, 1.165) is 44.5 Å². The van der Waals surface area contributed by atoms with Crippen LogP contribution in [-0.4, -0.2) is 19.5 Å². The van der Waals surface area contributed by atoms with E-state index in [2.05, 4.69) is 162 Å². The van der Waals surface area contributed by atoms with E-state index in [0.29, 0.717) is 17.5 Å². The second kappa shape index (κ2) is 13.3. The SMILES string of the molecule is c1ccc(-c2nc(-c3ccccc3)nc(-c3c(-c4ccccc4)cccc3-n3c4ccccc4c4ccc(-c5cccc6c5sc5ccccc56)cc43)n2)cc1. The Morgan fingerprint density at radius 2 is 0.911 bits per heavy atom. The molecular weight excluding hydrogens is 701 g/mol. The molecule has 0 bridgehead atoms. The zero-order valence-corrected chi connectivity index (χ0v) is 31.0. The molecule has 56 heavy (non-hydrogen) atoms. The van der Waals surface area contributed by atoms with E-state index in [9.17, 15) is 0 Å². The van der Waals surface area contributed by atoms with E-state index in [1.807, 2.05) is 47.7 Å². The first-order valence-corrected chi connectivity index (χ1v) is 19.6. The molecule has 262 valence electrons. The van der Waals surface area contributed by atoms with Crippen molar-refractivity contribution in [3.8, 4) is 62.1 Å². The second-order valence-electron chi connectivity index (χ2n) is 14.0. The van der Waals surface area contributed by atoms with Gasteiger partial charge in [-0.3, -0.25) is 0 Å². The van der Waals surface area contributed by atoms with Crippen molar-refractivity contribution in [3.63, 3.8) is 0 Å². The summed E-state index contributed by atoms with van der Waals surface area (Å²) < 4.78 is 5.01. The van der Waals surface area contributed by atoms with Crippen molar-refractivity contribution < 1.29 is 0 Å². The molecule has 0 fully saturated rings. The molecule has 11 aromatic rings. The van der Waals surface area contributed by atoms with Gasteiger partial charge in [-0.15, -0.1) is 11.3 Å². The maximum Gasteiger partial charge on any atom is 0.166 e. The molecule has 0 amide bonds. The molecule has 11 rings (SSSR count). The highest BCUT2D eigenvalue weighted by Gasteiger charge is 2.23. The van der Waals surface area contributed by atoms with E-state index in [-0.39, 0.29) is 0 Å². The van der Waals surface area contributed by atoms with Crippen molar-refractivity contribution in [1.29, 1.82) is 0 Å². The molecule has 0 saturated carbocycles. The normalized spacial score (nSPS) is 11.6. The molecule has 0 aliphatic heterocycles. The number of benzene rings is 8. The van der Waals surface area contributed by atoms with Gasteiger partial charge in [0, 0.05) is 42.1 Å². The number of aromatic nitrogens is 4. The van der Waals surface area contributed by atoms with Crippen LogP contribution in [0.2, 0.25) is 0 Å². The summed E-state index contributed by atoms with van der Waals surface area (Å²) in [7, 11) is 0. The summed E-state index contributed by atoms with van der Waals surface area (Å²) in [6.07, 6.45) is 0. The van der Waals surface area contributed by atoms with Crippen molar-refractivity contribution in [2.24, 2.45) is 0 Å². The van der Waals surface area contributed by atoms with Crippen LogP contribution in [0.3, 0.4) is 0 Å². The first-order valence-electron chi connectivity index (χ1n) is 18.8. The van der Waals surface area contributed by atoms with Crippen LogP contribution in [0.15, 0.2) is 194 Å². The van der Waals surface area contributed by atoms with Gasteiger partial charge < -0.3 is 4.57 Å². The van der Waals surface area contributed by atoms with Gasteiger partial charge in [0.15, 0.2) is 17.5 Å². The smallest absolute Gasteiger partial charge is 0.166 e. The summed E-state index contributed by atoms with van der Waals surface area (Å²) in [6, 6.07) is 68.5. The van der Waals surface area contributed by atoms with Crippen LogP contribution in [0.5, 0.6) is 0 Å². The number of hydrogen-bond donors (Lipinski definition) is 0. The van der Waals surface area contributed by atoms with Crippen LogP contribution < -0.4 is 0 Å². The monoisotopic (exact) mass is 732 g/mol. The number of para-hydroxylation sites is 1. The van der Waals surface area contributed by atoms with Gasteiger partial charge in [0.25, 0.3) is 0 Å². The lowest BCUT2D eigenvalue weighted by atomic mass is 9.97. The summed E-state index contributed by atoms with van der Waals surface area (Å²) in [5.41, 5.74) is 10.6. The van der Waals surface area contributed by atoms with Crippen molar-refractivity contribution in [2.45, 2.75) is 0 Å². The van der Waals surface area contributed by atoms with Crippen LogP contribution in [0.25, 0.3) is 104 Å². The summed E-state index contributed by atoms with van der Waals surface area (Å²) in [5, 5.41) is 4.97. The van der Waals surface area contributed by atoms with Gasteiger partial charge >= 0.3 is 0 Å². The van der Waals surface area contributed by atoms with Crippen LogP contribution in [0, 0.1) is 0 Å². The average Bonchev–Trinajstić information content (AvgIpc) is 3.82. The molecule has 0 aliphatic rings. The molecule has 0 unspecified atom stereocenters. The van der Waals surface area contributed by atoms with E-state index in [4.69, 9.17) is 15.0 Å². The Hall–Kier alpha value is -7.21. The predicted octanol–water partition coefficient (Wildman–Crippen LogP) is 13.7. The molecule has 0 N–H and O–H groups in total.